The zero-order chi connectivity index (χ0) is 13.9. The number of alkyl halides is 3. The van der Waals surface area contributed by atoms with Crippen molar-refractivity contribution in [1.82, 2.24) is 4.90 Å². The van der Waals surface area contributed by atoms with Gasteiger partial charge in [0.25, 0.3) is 0 Å². The molecule has 6 heteroatoms. The van der Waals surface area contributed by atoms with Gasteiger partial charge in [0.1, 0.15) is 5.78 Å². The number of Topliss-reactive ketones (excluding diaryl/α,β-unsaturated/α-hetero) is 1. The van der Waals surface area contributed by atoms with E-state index >= 15 is 0 Å². The third kappa shape index (κ3) is 4.18. The lowest BCUT2D eigenvalue weighted by Crippen LogP contribution is -2.47. The number of hydrogen-bond acceptors (Lipinski definition) is 3. The average Bonchev–Trinajstić information content (AvgIpc) is 2.74. The Balaban J connectivity index is 1.87. The Hall–Kier alpha value is -0.620. The number of halogens is 3. The molecule has 0 N–H and O–H groups in total. The van der Waals surface area contributed by atoms with Gasteiger partial charge in [-0.2, -0.15) is 0 Å². The molecule has 3 nitrogen and oxygen atoms in total. The summed E-state index contributed by atoms with van der Waals surface area (Å²) in [4.78, 5) is 13.8. The molecule has 2 rings (SSSR count). The molecule has 2 unspecified atom stereocenters. The number of hydrogen-bond donors (Lipinski definition) is 0. The summed E-state index contributed by atoms with van der Waals surface area (Å²) in [5.41, 5.74) is 0. The summed E-state index contributed by atoms with van der Waals surface area (Å²) in [6, 6.07) is 0.126. The second-order valence-corrected chi connectivity index (χ2v) is 5.36. The van der Waals surface area contributed by atoms with Crippen molar-refractivity contribution in [2.75, 3.05) is 19.7 Å². The highest BCUT2D eigenvalue weighted by atomic mass is 19.4. The second-order valence-electron chi connectivity index (χ2n) is 5.36. The van der Waals surface area contributed by atoms with Gasteiger partial charge in [-0.15, -0.1) is 13.2 Å². The van der Waals surface area contributed by atoms with E-state index in [4.69, 9.17) is 0 Å². The highest BCUT2D eigenvalue weighted by molar-refractivity contribution is 5.83. The predicted octanol–water partition coefficient (Wildman–Crippen LogP) is 2.75. The van der Waals surface area contributed by atoms with Crippen LogP contribution in [0.25, 0.3) is 0 Å². The van der Waals surface area contributed by atoms with Crippen molar-refractivity contribution in [2.24, 2.45) is 5.92 Å². The van der Waals surface area contributed by atoms with Crippen molar-refractivity contribution in [3.63, 3.8) is 0 Å². The summed E-state index contributed by atoms with van der Waals surface area (Å²) in [7, 11) is 0. The molecular weight excluding hydrogens is 259 g/mol. The van der Waals surface area contributed by atoms with E-state index in [-0.39, 0.29) is 30.9 Å². The molecular formula is C13H20F3NO2. The van der Waals surface area contributed by atoms with Crippen LogP contribution in [0.2, 0.25) is 0 Å². The second kappa shape index (κ2) is 6.22. The number of ketones is 1. The first-order valence-corrected chi connectivity index (χ1v) is 6.95. The van der Waals surface area contributed by atoms with E-state index in [9.17, 15) is 18.0 Å². The normalized spacial score (nSPS) is 29.9. The Morgan fingerprint density at radius 1 is 1.21 bits per heavy atom. The highest BCUT2D eigenvalue weighted by Gasteiger charge is 2.37. The van der Waals surface area contributed by atoms with Gasteiger partial charge in [-0.25, -0.2) is 0 Å². The molecule has 1 aliphatic heterocycles. The van der Waals surface area contributed by atoms with E-state index in [1.54, 1.807) is 0 Å². The number of nitrogens with zero attached hydrogens (tertiary/aromatic N) is 1. The molecule has 19 heavy (non-hydrogen) atoms. The Labute approximate surface area is 111 Å². The predicted molar refractivity (Wildman–Crippen MR) is 63.6 cm³/mol. The summed E-state index contributed by atoms with van der Waals surface area (Å²) >= 11 is 0. The van der Waals surface area contributed by atoms with Gasteiger partial charge in [-0.3, -0.25) is 14.4 Å². The molecule has 0 amide bonds. The van der Waals surface area contributed by atoms with Gasteiger partial charge in [-0.05, 0) is 32.2 Å². The molecule has 0 aromatic heterocycles. The van der Waals surface area contributed by atoms with Gasteiger partial charge in [0.05, 0.1) is 6.61 Å². The van der Waals surface area contributed by atoms with Crippen molar-refractivity contribution in [2.45, 2.75) is 50.9 Å². The molecule has 0 aromatic rings. The van der Waals surface area contributed by atoms with E-state index in [0.717, 1.165) is 38.6 Å². The fraction of sp³-hybridized carbons (Fsp3) is 0.923. The van der Waals surface area contributed by atoms with Crippen LogP contribution < -0.4 is 0 Å². The van der Waals surface area contributed by atoms with Gasteiger partial charge in [-0.1, -0.05) is 6.42 Å². The van der Waals surface area contributed by atoms with Crippen LogP contribution in [0, 0.1) is 5.92 Å². The van der Waals surface area contributed by atoms with E-state index in [2.05, 4.69) is 4.74 Å². The van der Waals surface area contributed by atoms with Gasteiger partial charge >= 0.3 is 6.36 Å². The first-order valence-electron chi connectivity index (χ1n) is 6.95. The molecule has 0 spiro atoms. The van der Waals surface area contributed by atoms with Crippen LogP contribution in [0.15, 0.2) is 0 Å². The lowest BCUT2D eigenvalue weighted by Gasteiger charge is -2.38. The van der Waals surface area contributed by atoms with E-state index in [0.29, 0.717) is 6.42 Å². The lowest BCUT2D eigenvalue weighted by molar-refractivity contribution is -0.325. The minimum Gasteiger partial charge on any atom is -0.299 e. The topological polar surface area (TPSA) is 29.5 Å². The molecule has 110 valence electrons. The number of carbonyl (C=O) groups excluding carboxylic acids is 1. The summed E-state index contributed by atoms with van der Waals surface area (Å²) < 4.78 is 39.8. The fourth-order valence-electron chi connectivity index (χ4n) is 3.28. The number of likely N-dealkylation sites (tertiary alicyclic amines) is 1. The number of carbonyl (C=O) groups is 1. The fourth-order valence-corrected chi connectivity index (χ4v) is 3.28. The number of ether oxygens (including phenoxy) is 1. The zero-order valence-electron chi connectivity index (χ0n) is 10.9. The smallest absolute Gasteiger partial charge is 0.299 e. The third-order valence-corrected chi connectivity index (χ3v) is 4.12. The van der Waals surface area contributed by atoms with Crippen LogP contribution in [0.1, 0.15) is 38.5 Å². The Kier molecular flexibility index (Phi) is 4.84. The van der Waals surface area contributed by atoms with Crippen LogP contribution in [0.4, 0.5) is 13.2 Å². The van der Waals surface area contributed by atoms with Crippen molar-refractivity contribution in [1.29, 1.82) is 0 Å². The molecule has 0 bridgehead atoms. The molecule has 2 fully saturated rings. The third-order valence-electron chi connectivity index (χ3n) is 4.12. The molecule has 1 aliphatic carbocycles. The standard InChI is InChI=1S/C13H20F3NO2/c14-13(15,16)19-9-8-17-7-2-1-5-11(17)10-4-3-6-12(10)18/h10-11H,1-9H2. The maximum Gasteiger partial charge on any atom is 0.522 e. The lowest BCUT2D eigenvalue weighted by atomic mass is 9.88. The largest absolute Gasteiger partial charge is 0.522 e. The monoisotopic (exact) mass is 279 g/mol. The van der Waals surface area contributed by atoms with Crippen molar-refractivity contribution in [3.8, 4) is 0 Å². The Bertz CT molecular complexity index is 320. The first kappa shape index (κ1) is 14.8. The van der Waals surface area contributed by atoms with Gasteiger partial charge < -0.3 is 0 Å². The minimum absolute atomic E-state index is 0.0335. The van der Waals surface area contributed by atoms with Crippen LogP contribution in [-0.4, -0.2) is 42.8 Å². The van der Waals surface area contributed by atoms with Gasteiger partial charge in [0.2, 0.25) is 0 Å². The van der Waals surface area contributed by atoms with Crippen LogP contribution in [0.5, 0.6) is 0 Å². The van der Waals surface area contributed by atoms with Gasteiger partial charge in [0, 0.05) is 24.9 Å². The number of piperidine rings is 1. The van der Waals surface area contributed by atoms with Crippen LogP contribution in [0.3, 0.4) is 0 Å². The van der Waals surface area contributed by atoms with Gasteiger partial charge in [0.15, 0.2) is 0 Å². The molecule has 1 saturated carbocycles. The minimum atomic E-state index is -4.56. The van der Waals surface area contributed by atoms with E-state index in [1.807, 2.05) is 4.90 Å². The van der Waals surface area contributed by atoms with Crippen molar-refractivity contribution in [3.05, 3.63) is 0 Å². The van der Waals surface area contributed by atoms with Crippen LogP contribution >= 0.6 is 0 Å². The quantitative estimate of drug-likeness (QED) is 0.792. The van der Waals surface area contributed by atoms with Crippen molar-refractivity contribution >= 4 is 5.78 Å². The Morgan fingerprint density at radius 3 is 2.63 bits per heavy atom. The highest BCUT2D eigenvalue weighted by Crippen LogP contribution is 2.32. The maximum absolute atomic E-state index is 12.0. The zero-order valence-corrected chi connectivity index (χ0v) is 10.9. The molecule has 0 aromatic carbocycles. The summed E-state index contributed by atoms with van der Waals surface area (Å²) in [5.74, 6) is 0.319. The SMILES string of the molecule is O=C1CCCC1C1CCCCN1CCOC(F)(F)F. The molecule has 0 radical (unpaired) electrons. The van der Waals surface area contributed by atoms with E-state index < -0.39 is 6.36 Å². The van der Waals surface area contributed by atoms with Crippen LogP contribution in [-0.2, 0) is 9.53 Å². The molecule has 2 aliphatic rings. The molecule has 1 saturated heterocycles. The summed E-state index contributed by atoms with van der Waals surface area (Å²) in [5, 5.41) is 0. The summed E-state index contributed by atoms with van der Waals surface area (Å²) in [6.07, 6.45) is 0.854. The first-order chi connectivity index (χ1) is 8.97. The van der Waals surface area contributed by atoms with E-state index in [1.165, 1.54) is 0 Å². The maximum atomic E-state index is 12.0. The average molecular weight is 279 g/mol. The Morgan fingerprint density at radius 2 is 2.00 bits per heavy atom. The molecule has 2 atom stereocenters. The summed E-state index contributed by atoms with van der Waals surface area (Å²) in [6.45, 7) is 0.685. The molecule has 1 heterocycles. The van der Waals surface area contributed by atoms with Crippen molar-refractivity contribution < 1.29 is 22.7 Å². The number of rotatable bonds is 4.